The van der Waals surface area contributed by atoms with E-state index < -0.39 is 0 Å². The van der Waals surface area contributed by atoms with Crippen LogP contribution in [0.4, 0.5) is 0 Å². The molecule has 1 unspecified atom stereocenters. The van der Waals surface area contributed by atoms with E-state index in [1.54, 1.807) is 6.20 Å². The molecule has 6 heteroatoms. The van der Waals surface area contributed by atoms with E-state index in [0.29, 0.717) is 6.61 Å². The van der Waals surface area contributed by atoms with Gasteiger partial charge in [-0.05, 0) is 24.9 Å². The summed E-state index contributed by atoms with van der Waals surface area (Å²) in [4.78, 5) is 12.8. The number of ether oxygens (including phenoxy) is 1. The Labute approximate surface area is 104 Å². The Morgan fingerprint density at radius 2 is 2.35 bits per heavy atom. The molecule has 0 aromatic carbocycles. The summed E-state index contributed by atoms with van der Waals surface area (Å²) in [6, 6.07) is 0. The second-order valence-corrected chi connectivity index (χ2v) is 4.71. The summed E-state index contributed by atoms with van der Waals surface area (Å²) in [6.07, 6.45) is 2.53. The summed E-state index contributed by atoms with van der Waals surface area (Å²) >= 11 is 5.83. The molecule has 17 heavy (non-hydrogen) atoms. The van der Waals surface area contributed by atoms with Crippen LogP contribution in [0.15, 0.2) is 6.20 Å². The Morgan fingerprint density at radius 3 is 3.12 bits per heavy atom. The topological polar surface area (TPSA) is 52.8 Å². The van der Waals surface area contributed by atoms with Crippen molar-refractivity contribution < 1.29 is 4.74 Å². The zero-order valence-electron chi connectivity index (χ0n) is 9.77. The van der Waals surface area contributed by atoms with Crippen molar-refractivity contribution in [2.45, 2.75) is 32.4 Å². The van der Waals surface area contributed by atoms with Gasteiger partial charge >= 0.3 is 0 Å². The normalized spacial score (nSPS) is 23.9. The van der Waals surface area contributed by atoms with Gasteiger partial charge in [-0.3, -0.25) is 0 Å². The number of nitrogens with zero attached hydrogens (tertiary/aromatic N) is 4. The van der Waals surface area contributed by atoms with E-state index in [9.17, 15) is 0 Å². The maximum absolute atomic E-state index is 5.84. The number of aromatic nitrogens is 4. The van der Waals surface area contributed by atoms with Crippen LogP contribution in [-0.4, -0.2) is 26.1 Å². The van der Waals surface area contributed by atoms with E-state index in [1.165, 1.54) is 0 Å². The number of rotatable bonds is 1. The standard InChI is InChI=1S/C11H13ClN4O/c1-3-11(2)9-14-7-6-13-10(12)15-8(7)16(9)4-5-17-11/h6H,3-5H2,1-2H3. The van der Waals surface area contributed by atoms with Crippen molar-refractivity contribution in [1.29, 1.82) is 0 Å². The fourth-order valence-electron chi connectivity index (χ4n) is 2.20. The lowest BCUT2D eigenvalue weighted by Crippen LogP contribution is -2.35. The van der Waals surface area contributed by atoms with Crippen LogP contribution in [-0.2, 0) is 16.9 Å². The van der Waals surface area contributed by atoms with Gasteiger partial charge in [0.1, 0.15) is 16.9 Å². The van der Waals surface area contributed by atoms with Gasteiger partial charge in [0.05, 0.1) is 12.8 Å². The van der Waals surface area contributed by atoms with Crippen LogP contribution in [0.2, 0.25) is 5.28 Å². The molecule has 3 heterocycles. The number of imidazole rings is 1. The van der Waals surface area contributed by atoms with Crippen LogP contribution in [0.5, 0.6) is 0 Å². The third-order valence-electron chi connectivity index (χ3n) is 3.34. The van der Waals surface area contributed by atoms with Gasteiger partial charge in [0.25, 0.3) is 0 Å². The van der Waals surface area contributed by atoms with Crippen molar-refractivity contribution in [3.8, 4) is 0 Å². The Balaban J connectivity index is 2.29. The first-order valence-electron chi connectivity index (χ1n) is 5.67. The minimum Gasteiger partial charge on any atom is -0.366 e. The van der Waals surface area contributed by atoms with Gasteiger partial charge < -0.3 is 9.30 Å². The first kappa shape index (κ1) is 10.9. The second-order valence-electron chi connectivity index (χ2n) is 4.37. The molecular formula is C11H13ClN4O. The van der Waals surface area contributed by atoms with Crippen molar-refractivity contribution in [1.82, 2.24) is 19.5 Å². The van der Waals surface area contributed by atoms with Crippen molar-refractivity contribution in [2.75, 3.05) is 6.61 Å². The minimum absolute atomic E-state index is 0.255. The molecule has 2 aromatic heterocycles. The van der Waals surface area contributed by atoms with Crippen molar-refractivity contribution in [2.24, 2.45) is 0 Å². The van der Waals surface area contributed by atoms with Crippen LogP contribution in [0, 0.1) is 0 Å². The highest BCUT2D eigenvalue weighted by atomic mass is 35.5. The van der Waals surface area contributed by atoms with E-state index in [0.717, 1.165) is 30.0 Å². The van der Waals surface area contributed by atoms with Gasteiger partial charge in [0.15, 0.2) is 5.65 Å². The van der Waals surface area contributed by atoms with Gasteiger partial charge in [0, 0.05) is 6.54 Å². The molecule has 3 rings (SSSR count). The van der Waals surface area contributed by atoms with E-state index in [1.807, 2.05) is 0 Å². The first-order chi connectivity index (χ1) is 8.14. The predicted molar refractivity (Wildman–Crippen MR) is 63.9 cm³/mol. The molecule has 0 bridgehead atoms. The lowest BCUT2D eigenvalue weighted by atomic mass is 10.0. The maximum Gasteiger partial charge on any atom is 0.224 e. The van der Waals surface area contributed by atoms with Gasteiger partial charge in [-0.1, -0.05) is 6.92 Å². The zero-order valence-corrected chi connectivity index (χ0v) is 10.5. The molecule has 1 atom stereocenters. The first-order valence-corrected chi connectivity index (χ1v) is 6.05. The number of halogens is 1. The third-order valence-corrected chi connectivity index (χ3v) is 3.52. The third kappa shape index (κ3) is 1.53. The number of hydrogen-bond acceptors (Lipinski definition) is 4. The van der Waals surface area contributed by atoms with Crippen molar-refractivity contribution >= 4 is 22.8 Å². The summed E-state index contributed by atoms with van der Waals surface area (Å²) < 4.78 is 7.92. The molecule has 0 spiro atoms. The van der Waals surface area contributed by atoms with Crippen molar-refractivity contribution in [3.05, 3.63) is 17.3 Å². The average molecular weight is 253 g/mol. The van der Waals surface area contributed by atoms with E-state index in [2.05, 4.69) is 33.4 Å². The molecular weight excluding hydrogens is 240 g/mol. The summed E-state index contributed by atoms with van der Waals surface area (Å²) in [5, 5.41) is 0.255. The molecule has 90 valence electrons. The molecule has 5 nitrogen and oxygen atoms in total. The molecule has 0 saturated carbocycles. The summed E-state index contributed by atoms with van der Waals surface area (Å²) in [5.74, 6) is 0.915. The summed E-state index contributed by atoms with van der Waals surface area (Å²) in [5.41, 5.74) is 1.23. The van der Waals surface area contributed by atoms with Crippen LogP contribution >= 0.6 is 11.6 Å². The fraction of sp³-hybridized carbons (Fsp3) is 0.545. The molecule has 0 N–H and O–H groups in total. The number of fused-ring (bicyclic) bond motifs is 3. The van der Waals surface area contributed by atoms with Crippen LogP contribution < -0.4 is 0 Å². The van der Waals surface area contributed by atoms with Crippen LogP contribution in [0.3, 0.4) is 0 Å². The van der Waals surface area contributed by atoms with E-state index >= 15 is 0 Å². The second kappa shape index (κ2) is 3.65. The Hall–Kier alpha value is -1.20. The van der Waals surface area contributed by atoms with Gasteiger partial charge in [-0.2, -0.15) is 4.98 Å². The lowest BCUT2D eigenvalue weighted by Gasteiger charge is -2.33. The highest BCUT2D eigenvalue weighted by Gasteiger charge is 2.35. The predicted octanol–water partition coefficient (Wildman–Crippen LogP) is 2.14. The monoisotopic (exact) mass is 252 g/mol. The maximum atomic E-state index is 5.84. The lowest BCUT2D eigenvalue weighted by molar-refractivity contribution is -0.0694. The smallest absolute Gasteiger partial charge is 0.224 e. The molecule has 0 radical (unpaired) electrons. The quantitative estimate of drug-likeness (QED) is 0.730. The fourth-order valence-corrected chi connectivity index (χ4v) is 2.33. The SMILES string of the molecule is CCC1(C)OCCn2c1nc1cnc(Cl)nc12. The Bertz CT molecular complexity index is 582. The average Bonchev–Trinajstić information content (AvgIpc) is 2.69. The molecule has 0 saturated heterocycles. The highest BCUT2D eigenvalue weighted by Crippen LogP contribution is 2.33. The number of hydrogen-bond donors (Lipinski definition) is 0. The largest absolute Gasteiger partial charge is 0.366 e. The Morgan fingerprint density at radius 1 is 1.53 bits per heavy atom. The van der Waals surface area contributed by atoms with Crippen LogP contribution in [0.1, 0.15) is 26.1 Å². The summed E-state index contributed by atoms with van der Waals surface area (Å²) in [6.45, 7) is 5.58. The highest BCUT2D eigenvalue weighted by molar-refractivity contribution is 6.28. The molecule has 2 aromatic rings. The van der Waals surface area contributed by atoms with Crippen LogP contribution in [0.25, 0.3) is 11.2 Å². The molecule has 0 fully saturated rings. The van der Waals surface area contributed by atoms with Gasteiger partial charge in [-0.15, -0.1) is 0 Å². The van der Waals surface area contributed by atoms with Crippen molar-refractivity contribution in [3.63, 3.8) is 0 Å². The minimum atomic E-state index is -0.342. The Kier molecular flexibility index (Phi) is 2.34. The van der Waals surface area contributed by atoms with Gasteiger partial charge in [0.2, 0.25) is 5.28 Å². The molecule has 1 aliphatic heterocycles. The molecule has 0 amide bonds. The van der Waals surface area contributed by atoms with E-state index in [-0.39, 0.29) is 10.9 Å². The molecule has 0 aliphatic carbocycles. The molecule has 1 aliphatic rings. The zero-order chi connectivity index (χ0) is 12.0. The van der Waals surface area contributed by atoms with Gasteiger partial charge in [-0.25, -0.2) is 9.97 Å². The summed E-state index contributed by atoms with van der Waals surface area (Å²) in [7, 11) is 0. The van der Waals surface area contributed by atoms with E-state index in [4.69, 9.17) is 16.3 Å².